The maximum atomic E-state index is 13.0. The first-order valence-electron chi connectivity index (χ1n) is 7.90. The molecule has 1 amide bonds. The molecule has 8 heteroatoms. The molecule has 3 aromatic rings. The van der Waals surface area contributed by atoms with Gasteiger partial charge in [0, 0.05) is 5.56 Å². The van der Waals surface area contributed by atoms with Crippen LogP contribution in [0.4, 0.5) is 4.39 Å². The fourth-order valence-electron chi connectivity index (χ4n) is 2.26. The number of rotatable bonds is 5. The summed E-state index contributed by atoms with van der Waals surface area (Å²) in [4.78, 5) is 23.5. The number of carbonyl (C=O) groups excluding carboxylic acids is 2. The molecule has 0 radical (unpaired) electrons. The fraction of sp³-hybridized carbons (Fsp3) is 0.0526. The summed E-state index contributed by atoms with van der Waals surface area (Å²) in [5.41, 5.74) is 4.91. The van der Waals surface area contributed by atoms with E-state index in [-0.39, 0.29) is 11.5 Å². The van der Waals surface area contributed by atoms with Crippen molar-refractivity contribution in [2.24, 2.45) is 5.10 Å². The normalized spacial score (nSPS) is 10.7. The maximum Gasteiger partial charge on any atom is 0.337 e. The Morgan fingerprint density at radius 3 is 2.52 bits per heavy atom. The van der Waals surface area contributed by atoms with Crippen LogP contribution in [0.1, 0.15) is 26.4 Å². The van der Waals surface area contributed by atoms with Crippen LogP contribution in [-0.4, -0.2) is 35.4 Å². The van der Waals surface area contributed by atoms with Gasteiger partial charge in [0.1, 0.15) is 11.5 Å². The number of methoxy groups -OCH3 is 1. The van der Waals surface area contributed by atoms with Crippen LogP contribution < -0.4 is 5.43 Å². The topological polar surface area (TPSA) is 96.4 Å². The summed E-state index contributed by atoms with van der Waals surface area (Å²) in [5, 5.41) is 10.5. The Morgan fingerprint density at radius 2 is 1.85 bits per heavy atom. The average molecular weight is 366 g/mol. The average Bonchev–Trinajstić information content (AvgIpc) is 3.19. The molecule has 1 heterocycles. The van der Waals surface area contributed by atoms with Gasteiger partial charge in [-0.05, 0) is 48.0 Å². The highest BCUT2D eigenvalue weighted by Gasteiger charge is 2.10. The van der Waals surface area contributed by atoms with Crippen molar-refractivity contribution in [1.29, 1.82) is 0 Å². The molecule has 3 rings (SSSR count). The van der Waals surface area contributed by atoms with Crippen molar-refractivity contribution in [1.82, 2.24) is 15.6 Å². The zero-order valence-electron chi connectivity index (χ0n) is 14.3. The highest BCUT2D eigenvalue weighted by atomic mass is 19.1. The van der Waals surface area contributed by atoms with Crippen LogP contribution in [0.5, 0.6) is 0 Å². The summed E-state index contributed by atoms with van der Waals surface area (Å²) in [6.07, 6.45) is 1.44. The second kappa shape index (κ2) is 8.05. The molecule has 0 atom stereocenters. The van der Waals surface area contributed by atoms with Crippen molar-refractivity contribution < 1.29 is 18.7 Å². The number of aromatic nitrogens is 2. The van der Waals surface area contributed by atoms with Gasteiger partial charge in [-0.3, -0.25) is 9.89 Å². The van der Waals surface area contributed by atoms with Crippen LogP contribution >= 0.6 is 0 Å². The maximum absolute atomic E-state index is 13.0. The predicted molar refractivity (Wildman–Crippen MR) is 96.8 cm³/mol. The van der Waals surface area contributed by atoms with Crippen molar-refractivity contribution >= 4 is 18.1 Å². The van der Waals surface area contributed by atoms with Gasteiger partial charge in [0.15, 0.2) is 0 Å². The van der Waals surface area contributed by atoms with Gasteiger partial charge in [0.2, 0.25) is 0 Å². The third-order valence-corrected chi connectivity index (χ3v) is 3.67. The van der Waals surface area contributed by atoms with Gasteiger partial charge >= 0.3 is 5.97 Å². The number of amides is 1. The number of nitrogens with one attached hydrogen (secondary N) is 2. The monoisotopic (exact) mass is 366 g/mol. The van der Waals surface area contributed by atoms with E-state index in [0.29, 0.717) is 22.4 Å². The Balaban J connectivity index is 1.61. The van der Waals surface area contributed by atoms with Crippen LogP contribution in [-0.2, 0) is 4.74 Å². The molecule has 27 heavy (non-hydrogen) atoms. The number of benzene rings is 2. The molecule has 0 saturated carbocycles. The second-order valence-corrected chi connectivity index (χ2v) is 5.49. The summed E-state index contributed by atoms with van der Waals surface area (Å²) in [7, 11) is 1.31. The molecule has 7 nitrogen and oxygen atoms in total. The Labute approximate surface area is 153 Å². The SMILES string of the molecule is COC(=O)c1ccc(C=NNC(=O)c2cc(-c3ccc(F)cc3)n[nH]2)cc1. The van der Waals surface area contributed by atoms with Gasteiger partial charge in [-0.15, -0.1) is 0 Å². The number of hydrazone groups is 1. The molecular formula is C19H15FN4O3. The van der Waals surface area contributed by atoms with E-state index < -0.39 is 11.9 Å². The lowest BCUT2D eigenvalue weighted by atomic mass is 10.1. The molecule has 0 fully saturated rings. The van der Waals surface area contributed by atoms with Gasteiger partial charge in [0.25, 0.3) is 5.91 Å². The summed E-state index contributed by atoms with van der Waals surface area (Å²) in [5.74, 6) is -1.25. The number of hydrogen-bond acceptors (Lipinski definition) is 5. The number of aromatic amines is 1. The van der Waals surface area contributed by atoms with Gasteiger partial charge in [0.05, 0.1) is 24.6 Å². The van der Waals surface area contributed by atoms with Crippen molar-refractivity contribution in [3.63, 3.8) is 0 Å². The Hall–Kier alpha value is -3.81. The summed E-state index contributed by atoms with van der Waals surface area (Å²) >= 11 is 0. The van der Waals surface area contributed by atoms with E-state index in [1.54, 1.807) is 42.5 Å². The number of nitrogens with zero attached hydrogens (tertiary/aromatic N) is 2. The summed E-state index contributed by atoms with van der Waals surface area (Å²) in [6, 6.07) is 13.9. The van der Waals surface area contributed by atoms with Crippen LogP contribution in [0.3, 0.4) is 0 Å². The minimum atomic E-state index is -0.474. The summed E-state index contributed by atoms with van der Waals surface area (Å²) in [6.45, 7) is 0. The van der Waals surface area contributed by atoms with E-state index in [4.69, 9.17) is 0 Å². The molecule has 0 spiro atoms. The fourth-order valence-corrected chi connectivity index (χ4v) is 2.26. The Morgan fingerprint density at radius 1 is 1.15 bits per heavy atom. The number of H-pyrrole nitrogens is 1. The van der Waals surface area contributed by atoms with Gasteiger partial charge in [-0.2, -0.15) is 10.2 Å². The van der Waals surface area contributed by atoms with E-state index in [1.165, 1.54) is 25.5 Å². The molecule has 1 aromatic heterocycles. The van der Waals surface area contributed by atoms with Gasteiger partial charge in [-0.25, -0.2) is 14.6 Å². The number of hydrogen-bond donors (Lipinski definition) is 2. The largest absolute Gasteiger partial charge is 0.465 e. The summed E-state index contributed by atoms with van der Waals surface area (Å²) < 4.78 is 17.6. The number of ether oxygens (including phenoxy) is 1. The standard InChI is InChI=1S/C19H15FN4O3/c1-27-19(26)14-4-2-12(3-5-14)11-21-24-18(25)17-10-16(22-23-17)13-6-8-15(20)9-7-13/h2-11H,1H3,(H,22,23)(H,24,25). The van der Waals surface area contributed by atoms with E-state index in [9.17, 15) is 14.0 Å². The van der Waals surface area contributed by atoms with Crippen molar-refractivity contribution in [2.45, 2.75) is 0 Å². The number of halogens is 1. The lowest BCUT2D eigenvalue weighted by Crippen LogP contribution is -2.18. The van der Waals surface area contributed by atoms with Crippen LogP contribution in [0.2, 0.25) is 0 Å². The van der Waals surface area contributed by atoms with E-state index in [0.717, 1.165) is 0 Å². The molecule has 136 valence electrons. The molecule has 0 aliphatic rings. The van der Waals surface area contributed by atoms with E-state index in [2.05, 4.69) is 25.5 Å². The lowest BCUT2D eigenvalue weighted by Gasteiger charge is -1.99. The quantitative estimate of drug-likeness (QED) is 0.412. The van der Waals surface area contributed by atoms with Crippen LogP contribution in [0, 0.1) is 5.82 Å². The zero-order valence-corrected chi connectivity index (χ0v) is 14.3. The smallest absolute Gasteiger partial charge is 0.337 e. The van der Waals surface area contributed by atoms with Crippen molar-refractivity contribution in [3.8, 4) is 11.3 Å². The van der Waals surface area contributed by atoms with Gasteiger partial charge in [-0.1, -0.05) is 12.1 Å². The molecule has 0 saturated heterocycles. The van der Waals surface area contributed by atoms with Crippen LogP contribution in [0.25, 0.3) is 11.3 Å². The highest BCUT2D eigenvalue weighted by molar-refractivity contribution is 5.94. The van der Waals surface area contributed by atoms with Crippen molar-refractivity contribution in [3.05, 3.63) is 77.2 Å². The highest BCUT2D eigenvalue weighted by Crippen LogP contribution is 2.17. The first-order valence-corrected chi connectivity index (χ1v) is 7.90. The molecule has 0 aliphatic heterocycles. The molecule has 2 aromatic carbocycles. The van der Waals surface area contributed by atoms with Crippen molar-refractivity contribution in [2.75, 3.05) is 7.11 Å². The second-order valence-electron chi connectivity index (χ2n) is 5.49. The minimum absolute atomic E-state index is 0.215. The lowest BCUT2D eigenvalue weighted by molar-refractivity contribution is 0.0600. The molecule has 0 aliphatic carbocycles. The van der Waals surface area contributed by atoms with E-state index in [1.807, 2.05) is 0 Å². The zero-order chi connectivity index (χ0) is 19.2. The first kappa shape index (κ1) is 18.0. The minimum Gasteiger partial charge on any atom is -0.465 e. The molecule has 2 N–H and O–H groups in total. The molecule has 0 unspecified atom stereocenters. The third-order valence-electron chi connectivity index (χ3n) is 3.67. The van der Waals surface area contributed by atoms with E-state index >= 15 is 0 Å². The first-order chi connectivity index (χ1) is 13.1. The van der Waals surface area contributed by atoms with Crippen LogP contribution in [0.15, 0.2) is 59.7 Å². The number of esters is 1. The Kier molecular flexibility index (Phi) is 5.36. The predicted octanol–water partition coefficient (Wildman–Crippen LogP) is 2.77. The third kappa shape index (κ3) is 4.43. The molecule has 0 bridgehead atoms. The Bertz CT molecular complexity index is 979. The molecular weight excluding hydrogens is 351 g/mol. The number of carbonyl (C=O) groups is 2. The van der Waals surface area contributed by atoms with Gasteiger partial charge < -0.3 is 4.74 Å².